The van der Waals surface area contributed by atoms with Crippen molar-refractivity contribution in [3.63, 3.8) is 0 Å². The molecule has 0 aromatic heterocycles. The van der Waals surface area contributed by atoms with Gasteiger partial charge in [0.2, 0.25) is 0 Å². The molecule has 0 aliphatic heterocycles. The summed E-state index contributed by atoms with van der Waals surface area (Å²) in [6.07, 6.45) is 0. The van der Waals surface area contributed by atoms with Crippen molar-refractivity contribution in [3.05, 3.63) is 52.1 Å². The van der Waals surface area contributed by atoms with Crippen molar-refractivity contribution in [2.75, 3.05) is 16.8 Å². The molecule has 2 rings (SSSR count). The molecule has 2 aromatic rings. The molecule has 0 saturated carbocycles. The fraction of sp³-hybridized carbons (Fsp3) is 0.235. The molecule has 0 aliphatic carbocycles. The molecular weight excluding hydrogens is 262 g/mol. The molecular formula is C17H21N3O. The van der Waals surface area contributed by atoms with Crippen molar-refractivity contribution in [1.82, 2.24) is 0 Å². The quantitative estimate of drug-likeness (QED) is 0.739. The van der Waals surface area contributed by atoms with Crippen LogP contribution >= 0.6 is 0 Å². The van der Waals surface area contributed by atoms with E-state index in [4.69, 9.17) is 11.5 Å². The minimum Gasteiger partial charge on any atom is -0.399 e. The van der Waals surface area contributed by atoms with E-state index < -0.39 is 0 Å². The van der Waals surface area contributed by atoms with Crippen LogP contribution in [-0.4, -0.2) is 5.91 Å². The van der Waals surface area contributed by atoms with E-state index in [1.165, 1.54) is 0 Å². The zero-order valence-electron chi connectivity index (χ0n) is 12.9. The number of carbonyl (C=O) groups is 1. The zero-order chi connectivity index (χ0) is 15.7. The first-order valence-corrected chi connectivity index (χ1v) is 6.84. The van der Waals surface area contributed by atoms with Gasteiger partial charge in [0, 0.05) is 22.6 Å². The second-order valence-electron chi connectivity index (χ2n) is 5.50. The second-order valence-corrected chi connectivity index (χ2v) is 5.50. The molecule has 0 spiro atoms. The van der Waals surface area contributed by atoms with E-state index in [9.17, 15) is 4.79 Å². The van der Waals surface area contributed by atoms with Gasteiger partial charge in [-0.2, -0.15) is 0 Å². The fourth-order valence-electron chi connectivity index (χ4n) is 2.29. The van der Waals surface area contributed by atoms with Crippen molar-refractivity contribution in [1.29, 1.82) is 0 Å². The summed E-state index contributed by atoms with van der Waals surface area (Å²) in [4.78, 5) is 12.5. The molecule has 0 saturated heterocycles. The van der Waals surface area contributed by atoms with E-state index >= 15 is 0 Å². The molecule has 1 amide bonds. The Balaban J connectivity index is 2.37. The van der Waals surface area contributed by atoms with Gasteiger partial charge in [-0.1, -0.05) is 0 Å². The first-order valence-electron chi connectivity index (χ1n) is 6.84. The molecule has 0 heterocycles. The van der Waals surface area contributed by atoms with Crippen LogP contribution in [0.15, 0.2) is 24.3 Å². The van der Waals surface area contributed by atoms with Crippen molar-refractivity contribution in [3.8, 4) is 0 Å². The Bertz CT molecular complexity index is 720. The first kappa shape index (κ1) is 14.9. The third-order valence-corrected chi connectivity index (χ3v) is 3.70. The van der Waals surface area contributed by atoms with Gasteiger partial charge in [-0.3, -0.25) is 4.79 Å². The number of nitrogens with one attached hydrogen (secondary N) is 1. The minimum atomic E-state index is -0.157. The molecule has 0 unspecified atom stereocenters. The number of carbonyl (C=O) groups excluding carboxylic acids is 1. The van der Waals surface area contributed by atoms with E-state index in [1.54, 1.807) is 0 Å². The van der Waals surface area contributed by atoms with Crippen LogP contribution < -0.4 is 16.8 Å². The third-order valence-electron chi connectivity index (χ3n) is 3.70. The number of aryl methyl sites for hydroxylation is 3. The van der Waals surface area contributed by atoms with Gasteiger partial charge in [-0.25, -0.2) is 0 Å². The lowest BCUT2D eigenvalue weighted by molar-refractivity contribution is 0.102. The third kappa shape index (κ3) is 2.99. The molecule has 0 bridgehead atoms. The fourth-order valence-corrected chi connectivity index (χ4v) is 2.29. The van der Waals surface area contributed by atoms with Crippen LogP contribution in [0.5, 0.6) is 0 Å². The Kier molecular flexibility index (Phi) is 3.89. The standard InChI is InChI=1S/C17H21N3O/c1-9-5-13(12(4)15(19)6-9)17(21)20-16-8-10(2)14(18)7-11(16)3/h5-8H,18-19H2,1-4H3,(H,20,21). The van der Waals surface area contributed by atoms with Crippen molar-refractivity contribution in [2.24, 2.45) is 0 Å². The lowest BCUT2D eigenvalue weighted by Gasteiger charge is -2.14. The zero-order valence-corrected chi connectivity index (χ0v) is 12.9. The number of hydrogen-bond acceptors (Lipinski definition) is 3. The Morgan fingerprint density at radius 1 is 0.905 bits per heavy atom. The van der Waals surface area contributed by atoms with Gasteiger partial charge in [0.1, 0.15) is 0 Å². The topological polar surface area (TPSA) is 81.1 Å². The van der Waals surface area contributed by atoms with Crippen LogP contribution in [0, 0.1) is 27.7 Å². The molecule has 0 aliphatic rings. The summed E-state index contributed by atoms with van der Waals surface area (Å²) >= 11 is 0. The molecule has 4 heteroatoms. The maximum absolute atomic E-state index is 12.5. The highest BCUT2D eigenvalue weighted by molar-refractivity contribution is 6.06. The van der Waals surface area contributed by atoms with E-state index in [-0.39, 0.29) is 5.91 Å². The van der Waals surface area contributed by atoms with E-state index in [1.807, 2.05) is 52.0 Å². The average molecular weight is 283 g/mol. The number of nitrogens with two attached hydrogens (primary N) is 2. The van der Waals surface area contributed by atoms with Crippen molar-refractivity contribution < 1.29 is 4.79 Å². The molecule has 0 radical (unpaired) electrons. The normalized spacial score (nSPS) is 10.5. The minimum absolute atomic E-state index is 0.157. The predicted molar refractivity (Wildman–Crippen MR) is 88.6 cm³/mol. The number of nitrogen functional groups attached to an aromatic ring is 2. The Hall–Kier alpha value is -2.49. The van der Waals surface area contributed by atoms with Crippen molar-refractivity contribution >= 4 is 23.0 Å². The predicted octanol–water partition coefficient (Wildman–Crippen LogP) is 3.34. The lowest BCUT2D eigenvalue weighted by atomic mass is 10.0. The van der Waals surface area contributed by atoms with E-state index in [0.29, 0.717) is 11.3 Å². The summed E-state index contributed by atoms with van der Waals surface area (Å²) in [5, 5.41) is 2.94. The maximum atomic E-state index is 12.5. The van der Waals surface area contributed by atoms with Gasteiger partial charge in [0.15, 0.2) is 0 Å². The molecule has 0 atom stereocenters. The van der Waals surface area contributed by atoms with Gasteiger partial charge >= 0.3 is 0 Å². The van der Waals surface area contributed by atoms with Crippen LogP contribution in [-0.2, 0) is 0 Å². The van der Waals surface area contributed by atoms with Crippen LogP contribution in [0.25, 0.3) is 0 Å². The smallest absolute Gasteiger partial charge is 0.256 e. The number of anilines is 3. The summed E-state index contributed by atoms with van der Waals surface area (Å²) < 4.78 is 0. The van der Waals surface area contributed by atoms with Crippen LogP contribution in [0.3, 0.4) is 0 Å². The number of benzene rings is 2. The second kappa shape index (κ2) is 5.48. The first-order chi connectivity index (χ1) is 9.79. The highest BCUT2D eigenvalue weighted by Crippen LogP contribution is 2.24. The van der Waals surface area contributed by atoms with Gasteiger partial charge < -0.3 is 16.8 Å². The molecule has 0 fully saturated rings. The lowest BCUT2D eigenvalue weighted by Crippen LogP contribution is -2.15. The average Bonchev–Trinajstić information content (AvgIpc) is 2.40. The number of rotatable bonds is 2. The Morgan fingerprint density at radius 2 is 1.57 bits per heavy atom. The highest BCUT2D eigenvalue weighted by atomic mass is 16.1. The molecule has 5 N–H and O–H groups in total. The number of amides is 1. The summed E-state index contributed by atoms with van der Waals surface area (Å²) in [6, 6.07) is 7.46. The van der Waals surface area contributed by atoms with Gasteiger partial charge in [0.05, 0.1) is 0 Å². The molecule has 21 heavy (non-hydrogen) atoms. The van der Waals surface area contributed by atoms with E-state index in [0.717, 1.165) is 33.6 Å². The van der Waals surface area contributed by atoms with E-state index in [2.05, 4.69) is 5.32 Å². The monoisotopic (exact) mass is 283 g/mol. The van der Waals surface area contributed by atoms with Gasteiger partial charge in [-0.05, 0) is 74.2 Å². The summed E-state index contributed by atoms with van der Waals surface area (Å²) in [5.41, 5.74) is 18.2. The Morgan fingerprint density at radius 3 is 2.24 bits per heavy atom. The van der Waals surface area contributed by atoms with Crippen molar-refractivity contribution in [2.45, 2.75) is 27.7 Å². The summed E-state index contributed by atoms with van der Waals surface area (Å²) in [6.45, 7) is 7.61. The molecule has 110 valence electrons. The van der Waals surface area contributed by atoms with Gasteiger partial charge in [-0.15, -0.1) is 0 Å². The number of hydrogen-bond donors (Lipinski definition) is 3. The maximum Gasteiger partial charge on any atom is 0.256 e. The van der Waals surface area contributed by atoms with Crippen LogP contribution in [0.2, 0.25) is 0 Å². The van der Waals surface area contributed by atoms with Crippen LogP contribution in [0.1, 0.15) is 32.6 Å². The van der Waals surface area contributed by atoms with Crippen LogP contribution in [0.4, 0.5) is 17.1 Å². The molecule has 4 nitrogen and oxygen atoms in total. The molecule has 2 aromatic carbocycles. The largest absolute Gasteiger partial charge is 0.399 e. The van der Waals surface area contributed by atoms with Gasteiger partial charge in [0.25, 0.3) is 5.91 Å². The Labute approximate surface area is 125 Å². The summed E-state index contributed by atoms with van der Waals surface area (Å²) in [7, 11) is 0. The highest BCUT2D eigenvalue weighted by Gasteiger charge is 2.13. The summed E-state index contributed by atoms with van der Waals surface area (Å²) in [5.74, 6) is -0.157. The SMILES string of the molecule is Cc1cc(N)c(C)c(C(=O)Nc2cc(C)c(N)cc2C)c1.